The van der Waals surface area contributed by atoms with Crippen LogP contribution in [0.25, 0.3) is 0 Å². The zero-order chi connectivity index (χ0) is 19.5. The van der Waals surface area contributed by atoms with Crippen LogP contribution in [0, 0.1) is 23.3 Å². The zero-order valence-electron chi connectivity index (χ0n) is 13.1. The van der Waals surface area contributed by atoms with Gasteiger partial charge in [-0.1, -0.05) is 0 Å². The fourth-order valence-corrected chi connectivity index (χ4v) is 2.68. The predicted octanol–water partition coefficient (Wildman–Crippen LogP) is 2.02. The molecule has 6 nitrogen and oxygen atoms in total. The first-order valence-corrected chi connectivity index (χ1v) is 8.47. The molecule has 0 spiro atoms. The van der Waals surface area contributed by atoms with Gasteiger partial charge >= 0.3 is 0 Å². The van der Waals surface area contributed by atoms with Gasteiger partial charge < -0.3 is 4.74 Å². The monoisotopic (exact) mass is 392 g/mol. The summed E-state index contributed by atoms with van der Waals surface area (Å²) in [6.45, 7) is 1.27. The molecule has 2 rings (SSSR count). The van der Waals surface area contributed by atoms with E-state index < -0.39 is 50.2 Å². The summed E-state index contributed by atoms with van der Waals surface area (Å²) in [5.41, 5.74) is 1.76. The Bertz CT molecular complexity index is 920. The average molecular weight is 392 g/mol. The Morgan fingerprint density at radius 2 is 1.62 bits per heavy atom. The molecule has 2 aromatic carbocycles. The van der Waals surface area contributed by atoms with Crippen LogP contribution < -0.4 is 15.0 Å². The van der Waals surface area contributed by atoms with Crippen LogP contribution in [0.5, 0.6) is 5.75 Å². The van der Waals surface area contributed by atoms with Gasteiger partial charge in [-0.3, -0.25) is 10.2 Å². The summed E-state index contributed by atoms with van der Waals surface area (Å²) in [6, 6.07) is 5.61. The van der Waals surface area contributed by atoms with Gasteiger partial charge in [-0.05, 0) is 43.3 Å². The third-order valence-corrected chi connectivity index (χ3v) is 4.36. The summed E-state index contributed by atoms with van der Waals surface area (Å²) in [4.78, 5) is 12.2. The molecule has 1 atom stereocenters. The molecule has 140 valence electrons. The van der Waals surface area contributed by atoms with E-state index >= 15 is 0 Å². The summed E-state index contributed by atoms with van der Waals surface area (Å²) >= 11 is 0. The van der Waals surface area contributed by atoms with Crippen LogP contribution in [0.3, 0.4) is 0 Å². The number of hydrogen-bond donors (Lipinski definition) is 2. The highest BCUT2D eigenvalue weighted by molar-refractivity contribution is 7.89. The lowest BCUT2D eigenvalue weighted by atomic mass is 10.3. The summed E-state index contributed by atoms with van der Waals surface area (Å²) < 4.78 is 81.3. The highest BCUT2D eigenvalue weighted by atomic mass is 32.2. The Balaban J connectivity index is 2.03. The fraction of sp³-hybridized carbons (Fsp3) is 0.133. The molecule has 2 aromatic rings. The molecular weight excluding hydrogens is 380 g/mol. The topological polar surface area (TPSA) is 84.5 Å². The number of benzene rings is 2. The first-order valence-electron chi connectivity index (χ1n) is 6.99. The molecule has 0 fully saturated rings. The molecule has 0 bridgehead atoms. The van der Waals surface area contributed by atoms with Crippen LogP contribution in [0.15, 0.2) is 41.3 Å². The van der Waals surface area contributed by atoms with Gasteiger partial charge in [-0.2, -0.15) is 0 Å². The summed E-state index contributed by atoms with van der Waals surface area (Å²) in [5.74, 6) is -6.80. The first kappa shape index (κ1) is 19.7. The van der Waals surface area contributed by atoms with Crippen molar-refractivity contribution in [1.29, 1.82) is 0 Å². The first-order chi connectivity index (χ1) is 12.1. The van der Waals surface area contributed by atoms with Gasteiger partial charge in [0.15, 0.2) is 23.6 Å². The molecule has 0 aliphatic carbocycles. The molecule has 0 aliphatic heterocycles. The summed E-state index contributed by atoms with van der Waals surface area (Å²) in [6.07, 6.45) is -1.21. The van der Waals surface area contributed by atoms with Crippen LogP contribution in [0.2, 0.25) is 0 Å². The molecule has 26 heavy (non-hydrogen) atoms. The van der Waals surface area contributed by atoms with E-state index in [1.165, 1.54) is 19.1 Å². The smallest absolute Gasteiger partial charge is 0.275 e. The molecule has 0 saturated carbocycles. The van der Waals surface area contributed by atoms with Crippen molar-refractivity contribution in [1.82, 2.24) is 10.3 Å². The number of rotatable bonds is 6. The van der Waals surface area contributed by atoms with Crippen LogP contribution in [-0.2, 0) is 14.8 Å². The number of ether oxygens (including phenoxy) is 1. The number of nitrogens with one attached hydrogen (secondary N) is 2. The fourth-order valence-electron chi connectivity index (χ4n) is 1.76. The van der Waals surface area contributed by atoms with Crippen molar-refractivity contribution in [2.75, 3.05) is 0 Å². The van der Waals surface area contributed by atoms with Crippen molar-refractivity contribution < 1.29 is 35.5 Å². The number of carbonyl (C=O) groups excluding carboxylic acids is 1. The Morgan fingerprint density at radius 1 is 1.00 bits per heavy atom. The minimum absolute atomic E-state index is 0.142. The third-order valence-electron chi connectivity index (χ3n) is 3.09. The minimum atomic E-state index is -4.71. The Labute approximate surface area is 145 Å². The predicted molar refractivity (Wildman–Crippen MR) is 81.3 cm³/mol. The van der Waals surface area contributed by atoms with E-state index in [1.54, 1.807) is 10.3 Å². The Hall–Kier alpha value is -2.66. The van der Waals surface area contributed by atoms with E-state index in [2.05, 4.69) is 0 Å². The van der Waals surface area contributed by atoms with E-state index in [-0.39, 0.29) is 5.75 Å². The lowest BCUT2D eigenvalue weighted by Crippen LogP contribution is -2.47. The number of carbonyl (C=O) groups is 1. The molecule has 1 amide bonds. The van der Waals surface area contributed by atoms with Gasteiger partial charge in [0, 0.05) is 0 Å². The van der Waals surface area contributed by atoms with Crippen molar-refractivity contribution >= 4 is 15.9 Å². The second-order valence-electron chi connectivity index (χ2n) is 4.98. The van der Waals surface area contributed by atoms with Crippen molar-refractivity contribution in [2.45, 2.75) is 17.9 Å². The highest BCUT2D eigenvalue weighted by Crippen LogP contribution is 2.19. The molecule has 0 aliphatic rings. The van der Waals surface area contributed by atoms with Gasteiger partial charge in [-0.25, -0.2) is 26.0 Å². The number of halogens is 4. The number of hydrazine groups is 1. The largest absolute Gasteiger partial charge is 0.481 e. The van der Waals surface area contributed by atoms with E-state index in [9.17, 15) is 30.8 Å². The Kier molecular flexibility index (Phi) is 5.83. The number of hydrogen-bond acceptors (Lipinski definition) is 4. The second kappa shape index (κ2) is 7.70. The average Bonchev–Trinajstić information content (AvgIpc) is 2.59. The quantitative estimate of drug-likeness (QED) is 0.448. The second-order valence-corrected chi connectivity index (χ2v) is 6.63. The van der Waals surface area contributed by atoms with Crippen LogP contribution in [0.1, 0.15) is 6.92 Å². The molecule has 0 heterocycles. The van der Waals surface area contributed by atoms with E-state index in [4.69, 9.17) is 4.74 Å². The van der Waals surface area contributed by atoms with E-state index in [1.807, 2.05) is 0 Å². The van der Waals surface area contributed by atoms with Crippen molar-refractivity contribution in [3.05, 3.63) is 59.7 Å². The van der Waals surface area contributed by atoms with Crippen molar-refractivity contribution in [3.63, 3.8) is 0 Å². The molecule has 11 heteroatoms. The standard InChI is InChI=1S/C15H12F4N2O4S/c1-8(25-10-4-2-9(16)3-5-10)15(22)20-21-26(23,24)12-7-6-11(17)13(18)14(12)19/h2-8,21H,1H3,(H,20,22)/t8-/m1/s1. The van der Waals surface area contributed by atoms with Crippen LogP contribution >= 0.6 is 0 Å². The molecule has 2 N–H and O–H groups in total. The van der Waals surface area contributed by atoms with Gasteiger partial charge in [0.1, 0.15) is 16.5 Å². The maximum absolute atomic E-state index is 13.6. The molecule has 0 aromatic heterocycles. The maximum atomic E-state index is 13.6. The zero-order valence-corrected chi connectivity index (χ0v) is 13.9. The number of amides is 1. The summed E-state index contributed by atoms with van der Waals surface area (Å²) in [5, 5.41) is 0. The summed E-state index contributed by atoms with van der Waals surface area (Å²) in [7, 11) is -4.71. The molecule has 0 radical (unpaired) electrons. The SMILES string of the molecule is C[C@@H](Oc1ccc(F)cc1)C(=O)NNS(=O)(=O)c1ccc(F)c(F)c1F. The minimum Gasteiger partial charge on any atom is -0.481 e. The molecule has 0 unspecified atom stereocenters. The lowest BCUT2D eigenvalue weighted by molar-refractivity contribution is -0.127. The lowest BCUT2D eigenvalue weighted by Gasteiger charge is -2.15. The van der Waals surface area contributed by atoms with E-state index in [0.29, 0.717) is 12.1 Å². The van der Waals surface area contributed by atoms with Crippen molar-refractivity contribution in [3.8, 4) is 5.75 Å². The Morgan fingerprint density at radius 3 is 2.23 bits per heavy atom. The van der Waals surface area contributed by atoms with Crippen LogP contribution in [-0.4, -0.2) is 20.4 Å². The van der Waals surface area contributed by atoms with Gasteiger partial charge in [0.25, 0.3) is 15.9 Å². The molecule has 0 saturated heterocycles. The van der Waals surface area contributed by atoms with Crippen LogP contribution in [0.4, 0.5) is 17.6 Å². The third kappa shape index (κ3) is 4.49. The highest BCUT2D eigenvalue weighted by Gasteiger charge is 2.25. The normalized spacial score (nSPS) is 12.5. The van der Waals surface area contributed by atoms with Gasteiger partial charge in [0.2, 0.25) is 0 Å². The number of sulfonamides is 1. The maximum Gasteiger partial charge on any atom is 0.275 e. The van der Waals surface area contributed by atoms with Crippen molar-refractivity contribution in [2.24, 2.45) is 0 Å². The molecular formula is C15H12F4N2O4S. The van der Waals surface area contributed by atoms with Gasteiger partial charge in [0.05, 0.1) is 0 Å². The van der Waals surface area contributed by atoms with Gasteiger partial charge in [-0.15, -0.1) is 4.83 Å². The van der Waals surface area contributed by atoms with E-state index in [0.717, 1.165) is 12.1 Å².